The molecule has 0 aliphatic rings. The molecule has 0 bridgehead atoms. The molecule has 0 aromatic rings. The Morgan fingerprint density at radius 2 is 1.80 bits per heavy atom. The van der Waals surface area contributed by atoms with Gasteiger partial charge in [0.05, 0.1) is 30.8 Å². The van der Waals surface area contributed by atoms with Gasteiger partial charge in [0.1, 0.15) is 13.2 Å². The molecule has 0 aliphatic heterocycles. The van der Waals surface area contributed by atoms with Gasteiger partial charge in [-0.25, -0.2) is 13.2 Å². The molecule has 0 saturated heterocycles. The molecule has 0 spiro atoms. The van der Waals surface area contributed by atoms with Crippen LogP contribution in [0.15, 0.2) is 12.2 Å². The molecule has 0 atom stereocenters. The molecule has 0 aromatic carbocycles. The predicted octanol–water partition coefficient (Wildman–Crippen LogP) is -1.62. The summed E-state index contributed by atoms with van der Waals surface area (Å²) in [5.41, 5.74) is 0.345. The first-order valence-electron chi connectivity index (χ1n) is 5.62. The fourth-order valence-corrected chi connectivity index (χ4v) is 1.77. The number of quaternary nitrogens is 1. The fraction of sp³-hybridized carbons (Fsp3) is 0.727. The molecular formula is C11H25NO6SSe. The molecule has 0 aromatic heterocycles. The summed E-state index contributed by atoms with van der Waals surface area (Å²) in [7, 11) is -0.387. The van der Waals surface area contributed by atoms with Gasteiger partial charge in [-0.1, -0.05) is 6.58 Å². The number of esters is 1. The van der Waals surface area contributed by atoms with Gasteiger partial charge in [-0.15, -0.1) is 0 Å². The maximum atomic E-state index is 11.1. The number of likely N-dealkylation sites (N-methyl/N-ethyl adjacent to an activating group) is 1. The van der Waals surface area contributed by atoms with Crippen LogP contribution < -0.4 is 0 Å². The average molecular weight is 378 g/mol. The summed E-state index contributed by atoms with van der Waals surface area (Å²) in [5.74, 6) is -0.794. The van der Waals surface area contributed by atoms with Crippen LogP contribution in [0.3, 0.4) is 0 Å². The van der Waals surface area contributed by atoms with E-state index in [1.54, 1.807) is 6.92 Å². The van der Waals surface area contributed by atoms with Crippen LogP contribution in [0.2, 0.25) is 0 Å². The first kappa shape index (κ1) is 24.6. The zero-order valence-electron chi connectivity index (χ0n) is 12.1. The van der Waals surface area contributed by atoms with Crippen molar-refractivity contribution >= 4 is 33.2 Å². The second kappa shape index (κ2) is 10.3. The third kappa shape index (κ3) is 14.0. The molecule has 0 saturated carbocycles. The van der Waals surface area contributed by atoms with Crippen molar-refractivity contribution in [2.24, 2.45) is 0 Å². The number of nitrogens with zero attached hydrogens (tertiary/aromatic N) is 1. The minimum atomic E-state index is -4.15. The van der Waals surface area contributed by atoms with Gasteiger partial charge >= 0.3 is 23.0 Å². The summed E-state index contributed by atoms with van der Waals surface area (Å²) in [6, 6.07) is 0. The van der Waals surface area contributed by atoms with E-state index in [1.165, 1.54) is 0 Å². The molecule has 2 N–H and O–H groups in total. The zero-order chi connectivity index (χ0) is 14.4. The van der Waals surface area contributed by atoms with Crippen molar-refractivity contribution in [1.82, 2.24) is 0 Å². The van der Waals surface area contributed by atoms with Gasteiger partial charge in [-0.3, -0.25) is 0 Å². The number of rotatable bonds is 8. The number of carbonyl (C=O) groups is 1. The molecule has 0 aliphatic carbocycles. The SMILES string of the molecule is C=C(C)C(=O)OCC[N+](C)(C)CCCS(=O)(=O)[O-].O.[SeH2]. The molecule has 0 amide bonds. The number of hydrogen-bond donors (Lipinski definition) is 0. The van der Waals surface area contributed by atoms with Crippen LogP contribution in [0.5, 0.6) is 0 Å². The molecule has 0 radical (unpaired) electrons. The summed E-state index contributed by atoms with van der Waals surface area (Å²) >= 11 is 0. The average Bonchev–Trinajstić information content (AvgIpc) is 2.14. The van der Waals surface area contributed by atoms with Gasteiger partial charge in [-0.2, -0.15) is 0 Å². The van der Waals surface area contributed by atoms with E-state index in [-0.39, 0.29) is 34.9 Å². The molecule has 7 nitrogen and oxygen atoms in total. The maximum absolute atomic E-state index is 11.1. The van der Waals surface area contributed by atoms with Crippen molar-refractivity contribution < 1.29 is 32.5 Å². The van der Waals surface area contributed by atoms with Crippen LogP contribution in [-0.2, 0) is 19.6 Å². The Labute approximate surface area is 131 Å². The second-order valence-electron chi connectivity index (χ2n) is 4.91. The Hall–Kier alpha value is -0.441. The monoisotopic (exact) mass is 379 g/mol. The summed E-state index contributed by atoms with van der Waals surface area (Å²) < 4.78 is 36.8. The van der Waals surface area contributed by atoms with Gasteiger partial charge in [-0.05, 0) is 6.92 Å². The third-order valence-corrected chi connectivity index (χ3v) is 3.22. The quantitative estimate of drug-likeness (QED) is 0.165. The van der Waals surface area contributed by atoms with Crippen molar-refractivity contribution in [3.8, 4) is 0 Å². The third-order valence-electron chi connectivity index (χ3n) is 2.44. The van der Waals surface area contributed by atoms with Crippen molar-refractivity contribution in [3.63, 3.8) is 0 Å². The van der Waals surface area contributed by atoms with Gasteiger partial charge in [0.2, 0.25) is 0 Å². The van der Waals surface area contributed by atoms with Crippen molar-refractivity contribution in [2.45, 2.75) is 13.3 Å². The van der Waals surface area contributed by atoms with E-state index in [1.807, 2.05) is 14.1 Å². The summed E-state index contributed by atoms with van der Waals surface area (Å²) in [6.07, 6.45) is 0.299. The van der Waals surface area contributed by atoms with E-state index in [9.17, 15) is 17.8 Å². The standard InChI is InChI=1S/C11H21NO5S.H2O.H2Se/c1-10(2)11(13)17-8-7-12(3,4)6-5-9-18(14,15)16;;/h1,5-9H2,2-4H3;2*1H2. The Balaban J connectivity index is -0.00000144. The first-order chi connectivity index (χ1) is 8.03. The van der Waals surface area contributed by atoms with E-state index >= 15 is 0 Å². The molecular weight excluding hydrogens is 353 g/mol. The number of ether oxygens (including phenoxy) is 1. The Morgan fingerprint density at radius 1 is 1.30 bits per heavy atom. The van der Waals surface area contributed by atoms with Crippen LogP contribution in [0.4, 0.5) is 0 Å². The van der Waals surface area contributed by atoms with E-state index in [0.717, 1.165) is 0 Å². The number of carbonyl (C=O) groups excluding carboxylic acids is 1. The van der Waals surface area contributed by atoms with Crippen LogP contribution >= 0.6 is 0 Å². The predicted molar refractivity (Wildman–Crippen MR) is 79.0 cm³/mol. The molecule has 122 valence electrons. The van der Waals surface area contributed by atoms with Crippen LogP contribution in [0, 0.1) is 0 Å². The summed E-state index contributed by atoms with van der Waals surface area (Å²) in [6.45, 7) is 6.36. The Bertz CT molecular complexity index is 407. The fourth-order valence-electron chi connectivity index (χ4n) is 1.29. The van der Waals surface area contributed by atoms with E-state index < -0.39 is 16.1 Å². The van der Waals surface area contributed by atoms with E-state index in [0.29, 0.717) is 29.6 Å². The van der Waals surface area contributed by atoms with Gasteiger partial charge < -0.3 is 19.2 Å². The van der Waals surface area contributed by atoms with Gasteiger partial charge in [0, 0.05) is 17.7 Å². The Morgan fingerprint density at radius 3 is 2.20 bits per heavy atom. The van der Waals surface area contributed by atoms with Crippen molar-refractivity contribution in [2.75, 3.05) is 39.5 Å². The van der Waals surface area contributed by atoms with Crippen LogP contribution in [0.1, 0.15) is 13.3 Å². The van der Waals surface area contributed by atoms with Crippen molar-refractivity contribution in [1.29, 1.82) is 0 Å². The van der Waals surface area contributed by atoms with Gasteiger partial charge in [0.25, 0.3) is 0 Å². The summed E-state index contributed by atoms with van der Waals surface area (Å²) in [5, 5.41) is 0. The molecule has 0 heterocycles. The Kier molecular flexibility index (Phi) is 12.7. The molecule has 20 heavy (non-hydrogen) atoms. The molecule has 0 fully saturated rings. The summed E-state index contributed by atoms with van der Waals surface area (Å²) in [4.78, 5) is 11.1. The minimum absolute atomic E-state index is 0. The van der Waals surface area contributed by atoms with Gasteiger partial charge in [0.15, 0.2) is 0 Å². The molecule has 9 heteroatoms. The number of hydrogen-bond acceptors (Lipinski definition) is 5. The second-order valence-corrected chi connectivity index (χ2v) is 6.44. The van der Waals surface area contributed by atoms with E-state index in [4.69, 9.17) is 4.74 Å². The zero-order valence-corrected chi connectivity index (χ0v) is 15.1. The first-order valence-corrected chi connectivity index (χ1v) is 7.19. The van der Waals surface area contributed by atoms with Crippen LogP contribution in [0.25, 0.3) is 0 Å². The van der Waals surface area contributed by atoms with Crippen molar-refractivity contribution in [3.05, 3.63) is 12.2 Å². The molecule has 0 rings (SSSR count). The topological polar surface area (TPSA) is 115 Å². The van der Waals surface area contributed by atoms with E-state index in [2.05, 4.69) is 6.58 Å². The molecule has 0 unspecified atom stereocenters. The van der Waals surface area contributed by atoms with Crippen LogP contribution in [-0.4, -0.2) is 85.5 Å². The normalized spacial score (nSPS) is 11.0.